The molecule has 0 aliphatic rings. The first-order valence-electron chi connectivity index (χ1n) is 6.41. The zero-order valence-electron chi connectivity index (χ0n) is 11.5. The first-order valence-corrected chi connectivity index (χ1v) is 7.17. The fraction of sp³-hybridized carbons (Fsp3) is 0.250. The summed E-state index contributed by atoms with van der Waals surface area (Å²) in [5, 5.41) is 4.91. The highest BCUT2D eigenvalue weighted by Crippen LogP contribution is 2.23. The van der Waals surface area contributed by atoms with Crippen molar-refractivity contribution in [3.63, 3.8) is 0 Å². The molecule has 4 heteroatoms. The van der Waals surface area contributed by atoms with Crippen LogP contribution in [0, 0.1) is 0 Å². The maximum Gasteiger partial charge on any atom is 0.123 e. The van der Waals surface area contributed by atoms with E-state index in [0.29, 0.717) is 11.6 Å². The fourth-order valence-corrected chi connectivity index (χ4v) is 2.34. The van der Waals surface area contributed by atoms with E-state index in [4.69, 9.17) is 27.9 Å². The molecule has 0 amide bonds. The Morgan fingerprint density at radius 2 is 1.70 bits per heavy atom. The van der Waals surface area contributed by atoms with E-state index in [9.17, 15) is 0 Å². The van der Waals surface area contributed by atoms with Crippen LogP contribution in [0.1, 0.15) is 24.1 Å². The molecule has 1 unspecified atom stereocenters. The SMILES string of the molecule is COc1ccc(Cl)cc1CNC(C)c1ccc(Cl)cc1. The van der Waals surface area contributed by atoms with Crippen LogP contribution in [0.2, 0.25) is 10.0 Å². The zero-order chi connectivity index (χ0) is 14.5. The second-order valence-electron chi connectivity index (χ2n) is 4.61. The molecule has 2 rings (SSSR count). The van der Waals surface area contributed by atoms with Gasteiger partial charge in [0.25, 0.3) is 0 Å². The van der Waals surface area contributed by atoms with Crippen LogP contribution in [0.3, 0.4) is 0 Å². The van der Waals surface area contributed by atoms with Crippen molar-refractivity contribution >= 4 is 23.2 Å². The molecule has 0 aliphatic heterocycles. The Labute approximate surface area is 129 Å². The van der Waals surface area contributed by atoms with E-state index in [-0.39, 0.29) is 6.04 Å². The lowest BCUT2D eigenvalue weighted by Crippen LogP contribution is -2.18. The van der Waals surface area contributed by atoms with Gasteiger partial charge in [0, 0.05) is 28.2 Å². The van der Waals surface area contributed by atoms with E-state index in [2.05, 4.69) is 12.2 Å². The third kappa shape index (κ3) is 3.89. The molecule has 2 nitrogen and oxygen atoms in total. The van der Waals surface area contributed by atoms with Gasteiger partial charge in [-0.2, -0.15) is 0 Å². The van der Waals surface area contributed by atoms with Crippen LogP contribution < -0.4 is 10.1 Å². The van der Waals surface area contributed by atoms with Crippen molar-refractivity contribution in [3.8, 4) is 5.75 Å². The predicted octanol–water partition coefficient (Wildman–Crippen LogP) is 4.85. The molecule has 0 heterocycles. The van der Waals surface area contributed by atoms with Gasteiger partial charge in [-0.3, -0.25) is 0 Å². The summed E-state index contributed by atoms with van der Waals surface area (Å²) in [6.07, 6.45) is 0. The molecule has 0 bridgehead atoms. The molecule has 1 N–H and O–H groups in total. The number of hydrogen-bond acceptors (Lipinski definition) is 2. The van der Waals surface area contributed by atoms with Crippen LogP contribution >= 0.6 is 23.2 Å². The molecule has 0 aromatic heterocycles. The van der Waals surface area contributed by atoms with Crippen molar-refractivity contribution in [1.29, 1.82) is 0 Å². The van der Waals surface area contributed by atoms with Crippen molar-refractivity contribution in [2.75, 3.05) is 7.11 Å². The highest BCUT2D eigenvalue weighted by molar-refractivity contribution is 6.30. The van der Waals surface area contributed by atoms with Gasteiger partial charge in [-0.05, 0) is 42.8 Å². The Morgan fingerprint density at radius 1 is 1.05 bits per heavy atom. The molecule has 0 fully saturated rings. The van der Waals surface area contributed by atoms with Gasteiger partial charge in [-0.1, -0.05) is 35.3 Å². The van der Waals surface area contributed by atoms with Gasteiger partial charge < -0.3 is 10.1 Å². The molecule has 0 spiro atoms. The normalized spacial score (nSPS) is 12.2. The number of nitrogens with one attached hydrogen (secondary N) is 1. The molecule has 2 aromatic rings. The third-order valence-corrected chi connectivity index (χ3v) is 3.70. The third-order valence-electron chi connectivity index (χ3n) is 3.21. The molecular weight excluding hydrogens is 293 g/mol. The molecule has 106 valence electrons. The van der Waals surface area contributed by atoms with Gasteiger partial charge in [0.1, 0.15) is 5.75 Å². The average Bonchev–Trinajstić information content (AvgIpc) is 2.45. The largest absolute Gasteiger partial charge is 0.496 e. The number of ether oxygens (including phenoxy) is 1. The molecule has 0 radical (unpaired) electrons. The Bertz CT molecular complexity index is 569. The number of rotatable bonds is 5. The first-order chi connectivity index (χ1) is 9.60. The molecule has 20 heavy (non-hydrogen) atoms. The number of halogens is 2. The van der Waals surface area contributed by atoms with Crippen LogP contribution in [0.5, 0.6) is 5.75 Å². The quantitative estimate of drug-likeness (QED) is 0.852. The Hall–Kier alpha value is -1.22. The van der Waals surface area contributed by atoms with E-state index in [1.54, 1.807) is 7.11 Å². The smallest absolute Gasteiger partial charge is 0.123 e. The van der Waals surface area contributed by atoms with Crippen LogP contribution in [-0.2, 0) is 6.54 Å². The Kier molecular flexibility index (Phi) is 5.30. The van der Waals surface area contributed by atoms with Crippen molar-refractivity contribution in [3.05, 3.63) is 63.6 Å². The summed E-state index contributed by atoms with van der Waals surface area (Å²) in [6.45, 7) is 2.80. The summed E-state index contributed by atoms with van der Waals surface area (Å²) in [5.74, 6) is 0.838. The molecule has 2 aromatic carbocycles. The summed E-state index contributed by atoms with van der Waals surface area (Å²) in [5.41, 5.74) is 2.23. The Morgan fingerprint density at radius 3 is 2.35 bits per heavy atom. The minimum atomic E-state index is 0.218. The lowest BCUT2D eigenvalue weighted by Gasteiger charge is -2.16. The summed E-state index contributed by atoms with van der Waals surface area (Å²) in [6, 6.07) is 13.7. The van der Waals surface area contributed by atoms with Gasteiger partial charge in [0.15, 0.2) is 0 Å². The van der Waals surface area contributed by atoms with E-state index >= 15 is 0 Å². The first kappa shape index (κ1) is 15.2. The van der Waals surface area contributed by atoms with Crippen LogP contribution in [0.15, 0.2) is 42.5 Å². The van der Waals surface area contributed by atoms with Crippen LogP contribution in [0.25, 0.3) is 0 Å². The van der Waals surface area contributed by atoms with Crippen LogP contribution in [0.4, 0.5) is 0 Å². The lowest BCUT2D eigenvalue weighted by molar-refractivity contribution is 0.406. The van der Waals surface area contributed by atoms with Gasteiger partial charge in [-0.25, -0.2) is 0 Å². The van der Waals surface area contributed by atoms with E-state index in [1.807, 2.05) is 42.5 Å². The van der Waals surface area contributed by atoms with Gasteiger partial charge >= 0.3 is 0 Å². The van der Waals surface area contributed by atoms with Gasteiger partial charge in [0.05, 0.1) is 7.11 Å². The standard InChI is InChI=1S/C16H17Cl2NO/c1-11(12-3-5-14(17)6-4-12)19-10-13-9-15(18)7-8-16(13)20-2/h3-9,11,19H,10H2,1-2H3. The number of hydrogen-bond donors (Lipinski definition) is 1. The summed E-state index contributed by atoms with van der Waals surface area (Å²) >= 11 is 11.9. The number of methoxy groups -OCH3 is 1. The maximum absolute atomic E-state index is 6.03. The van der Waals surface area contributed by atoms with Gasteiger partial charge in [-0.15, -0.1) is 0 Å². The highest BCUT2D eigenvalue weighted by atomic mass is 35.5. The van der Waals surface area contributed by atoms with Crippen molar-refractivity contribution in [2.24, 2.45) is 0 Å². The summed E-state index contributed by atoms with van der Waals surface area (Å²) in [4.78, 5) is 0. The molecule has 0 saturated carbocycles. The second kappa shape index (κ2) is 6.98. The van der Waals surface area contributed by atoms with E-state index in [1.165, 1.54) is 5.56 Å². The van der Waals surface area contributed by atoms with Crippen LogP contribution in [-0.4, -0.2) is 7.11 Å². The average molecular weight is 310 g/mol. The topological polar surface area (TPSA) is 21.3 Å². The zero-order valence-corrected chi connectivity index (χ0v) is 13.0. The summed E-state index contributed by atoms with van der Waals surface area (Å²) in [7, 11) is 1.66. The minimum absolute atomic E-state index is 0.218. The predicted molar refractivity (Wildman–Crippen MR) is 84.7 cm³/mol. The molecular formula is C16H17Cl2NO. The highest BCUT2D eigenvalue weighted by Gasteiger charge is 2.08. The van der Waals surface area contributed by atoms with Crippen molar-refractivity contribution in [2.45, 2.75) is 19.5 Å². The minimum Gasteiger partial charge on any atom is -0.496 e. The Balaban J connectivity index is 2.04. The second-order valence-corrected chi connectivity index (χ2v) is 5.48. The molecule has 0 aliphatic carbocycles. The maximum atomic E-state index is 6.03. The summed E-state index contributed by atoms with van der Waals surface area (Å²) < 4.78 is 5.34. The monoisotopic (exact) mass is 309 g/mol. The van der Waals surface area contributed by atoms with E-state index < -0.39 is 0 Å². The van der Waals surface area contributed by atoms with Crippen molar-refractivity contribution in [1.82, 2.24) is 5.32 Å². The molecule has 0 saturated heterocycles. The fourth-order valence-electron chi connectivity index (χ4n) is 2.02. The van der Waals surface area contributed by atoms with Crippen molar-refractivity contribution < 1.29 is 4.74 Å². The molecule has 1 atom stereocenters. The lowest BCUT2D eigenvalue weighted by atomic mass is 10.1. The van der Waals surface area contributed by atoms with E-state index in [0.717, 1.165) is 16.3 Å². The van der Waals surface area contributed by atoms with Gasteiger partial charge in [0.2, 0.25) is 0 Å². The number of benzene rings is 2.